The summed E-state index contributed by atoms with van der Waals surface area (Å²) in [5.41, 5.74) is 1.06. The third kappa shape index (κ3) is 3.49. The van der Waals surface area contributed by atoms with Crippen LogP contribution in [0.25, 0.3) is 0 Å². The minimum Gasteiger partial charge on any atom is -0.370 e. The normalized spacial score (nSPS) is 10.5. The van der Waals surface area contributed by atoms with Crippen molar-refractivity contribution in [2.45, 2.75) is 26.7 Å². The molecular formula is C12H16N4S. The second-order valence-electron chi connectivity index (χ2n) is 3.84. The molecule has 0 spiro atoms. The molecule has 0 aliphatic heterocycles. The lowest BCUT2D eigenvalue weighted by molar-refractivity contribution is 0.925. The summed E-state index contributed by atoms with van der Waals surface area (Å²) in [6.45, 7) is 5.07. The number of anilines is 1. The molecule has 2 aromatic rings. The van der Waals surface area contributed by atoms with E-state index in [2.05, 4.69) is 32.6 Å². The smallest absolute Gasteiger partial charge is 0.137 e. The molecule has 0 aromatic carbocycles. The van der Waals surface area contributed by atoms with Gasteiger partial charge < -0.3 is 5.32 Å². The van der Waals surface area contributed by atoms with Gasteiger partial charge in [-0.25, -0.2) is 15.0 Å². The van der Waals surface area contributed by atoms with E-state index in [1.54, 1.807) is 17.5 Å². The summed E-state index contributed by atoms with van der Waals surface area (Å²) in [7, 11) is 0. The molecule has 0 aliphatic rings. The lowest BCUT2D eigenvalue weighted by Gasteiger charge is -2.04. The summed E-state index contributed by atoms with van der Waals surface area (Å²) in [5, 5.41) is 6.37. The van der Waals surface area contributed by atoms with E-state index in [4.69, 9.17) is 0 Å². The van der Waals surface area contributed by atoms with Crippen molar-refractivity contribution in [3.63, 3.8) is 0 Å². The molecule has 4 nitrogen and oxygen atoms in total. The van der Waals surface area contributed by atoms with Gasteiger partial charge in [0.25, 0.3) is 0 Å². The Labute approximate surface area is 105 Å². The van der Waals surface area contributed by atoms with Gasteiger partial charge in [-0.2, -0.15) is 0 Å². The van der Waals surface area contributed by atoms with Gasteiger partial charge in [-0.1, -0.05) is 6.92 Å². The standard InChI is InChI=1S/C12H16N4S/c1-3-5-13-10-4-6-14-11(16-10)7-12-15-9(2)8-17-12/h4,6,8H,3,5,7H2,1-2H3,(H,13,14,16). The van der Waals surface area contributed by atoms with E-state index in [9.17, 15) is 0 Å². The van der Waals surface area contributed by atoms with Crippen LogP contribution in [0.15, 0.2) is 17.6 Å². The van der Waals surface area contributed by atoms with E-state index in [-0.39, 0.29) is 0 Å². The molecule has 0 atom stereocenters. The Kier molecular flexibility index (Phi) is 4.03. The maximum absolute atomic E-state index is 4.46. The van der Waals surface area contributed by atoms with Gasteiger partial charge in [-0.3, -0.25) is 0 Å². The molecule has 0 saturated carbocycles. The number of hydrogen-bond acceptors (Lipinski definition) is 5. The highest BCUT2D eigenvalue weighted by molar-refractivity contribution is 7.09. The van der Waals surface area contributed by atoms with Crippen LogP contribution in [0.3, 0.4) is 0 Å². The van der Waals surface area contributed by atoms with Gasteiger partial charge in [-0.15, -0.1) is 11.3 Å². The minimum absolute atomic E-state index is 0.708. The molecular weight excluding hydrogens is 232 g/mol. The Morgan fingerprint density at radius 1 is 1.35 bits per heavy atom. The molecule has 2 aromatic heterocycles. The Hall–Kier alpha value is -1.49. The SMILES string of the molecule is CCCNc1ccnc(Cc2nc(C)cs2)n1. The van der Waals surface area contributed by atoms with E-state index < -0.39 is 0 Å². The summed E-state index contributed by atoms with van der Waals surface area (Å²) in [6, 6.07) is 1.90. The predicted molar refractivity (Wildman–Crippen MR) is 70.5 cm³/mol. The van der Waals surface area contributed by atoms with Crippen LogP contribution >= 0.6 is 11.3 Å². The van der Waals surface area contributed by atoms with Crippen LogP contribution in [-0.4, -0.2) is 21.5 Å². The lowest BCUT2D eigenvalue weighted by atomic mass is 10.4. The predicted octanol–water partition coefficient (Wildman–Crippen LogP) is 2.65. The van der Waals surface area contributed by atoms with E-state index in [0.717, 1.165) is 35.3 Å². The van der Waals surface area contributed by atoms with E-state index in [1.807, 2.05) is 13.0 Å². The van der Waals surface area contributed by atoms with Crippen LogP contribution < -0.4 is 5.32 Å². The topological polar surface area (TPSA) is 50.7 Å². The number of hydrogen-bond donors (Lipinski definition) is 1. The number of nitrogens with zero attached hydrogens (tertiary/aromatic N) is 3. The lowest BCUT2D eigenvalue weighted by Crippen LogP contribution is -2.04. The zero-order valence-corrected chi connectivity index (χ0v) is 10.9. The van der Waals surface area contributed by atoms with Crippen molar-refractivity contribution >= 4 is 17.2 Å². The summed E-state index contributed by atoms with van der Waals surface area (Å²) in [4.78, 5) is 13.1. The molecule has 5 heteroatoms. The van der Waals surface area contributed by atoms with Gasteiger partial charge >= 0.3 is 0 Å². The van der Waals surface area contributed by atoms with E-state index >= 15 is 0 Å². The zero-order valence-electron chi connectivity index (χ0n) is 10.1. The molecule has 0 radical (unpaired) electrons. The molecule has 0 unspecified atom stereocenters. The van der Waals surface area contributed by atoms with Crippen molar-refractivity contribution in [1.29, 1.82) is 0 Å². The van der Waals surface area contributed by atoms with Crippen molar-refractivity contribution in [3.8, 4) is 0 Å². The second kappa shape index (κ2) is 5.72. The van der Waals surface area contributed by atoms with Gasteiger partial charge in [0.2, 0.25) is 0 Å². The van der Waals surface area contributed by atoms with Crippen LogP contribution in [-0.2, 0) is 6.42 Å². The fraction of sp³-hybridized carbons (Fsp3) is 0.417. The first-order chi connectivity index (χ1) is 8.28. The maximum atomic E-state index is 4.46. The van der Waals surface area contributed by atoms with Crippen LogP contribution in [0.2, 0.25) is 0 Å². The summed E-state index contributed by atoms with van der Waals surface area (Å²) in [5.74, 6) is 1.71. The average Bonchev–Trinajstić information content (AvgIpc) is 2.73. The molecule has 0 fully saturated rings. The maximum Gasteiger partial charge on any atom is 0.137 e. The monoisotopic (exact) mass is 248 g/mol. The van der Waals surface area contributed by atoms with Crippen molar-refractivity contribution in [2.24, 2.45) is 0 Å². The number of thiazole rings is 1. The first-order valence-corrected chi connectivity index (χ1v) is 6.62. The van der Waals surface area contributed by atoms with Gasteiger partial charge in [0, 0.05) is 23.8 Å². The summed E-state index contributed by atoms with van der Waals surface area (Å²) < 4.78 is 0. The highest BCUT2D eigenvalue weighted by Gasteiger charge is 2.04. The average molecular weight is 248 g/mol. The Morgan fingerprint density at radius 2 is 2.24 bits per heavy atom. The van der Waals surface area contributed by atoms with Crippen LogP contribution in [0.5, 0.6) is 0 Å². The second-order valence-corrected chi connectivity index (χ2v) is 4.79. The Balaban J connectivity index is 2.05. The third-order valence-corrected chi connectivity index (χ3v) is 3.20. The van der Waals surface area contributed by atoms with Gasteiger partial charge in [0.1, 0.15) is 16.6 Å². The third-order valence-electron chi connectivity index (χ3n) is 2.24. The van der Waals surface area contributed by atoms with Crippen LogP contribution in [0, 0.1) is 6.92 Å². The van der Waals surface area contributed by atoms with E-state index in [1.165, 1.54) is 0 Å². The zero-order chi connectivity index (χ0) is 12.1. The molecule has 0 amide bonds. The molecule has 0 aliphatic carbocycles. The molecule has 90 valence electrons. The highest BCUT2D eigenvalue weighted by atomic mass is 32.1. The molecule has 0 saturated heterocycles. The highest BCUT2D eigenvalue weighted by Crippen LogP contribution is 2.13. The quantitative estimate of drug-likeness (QED) is 0.883. The first-order valence-electron chi connectivity index (χ1n) is 5.74. The molecule has 2 rings (SSSR count). The number of rotatable bonds is 5. The summed E-state index contributed by atoms with van der Waals surface area (Å²) >= 11 is 1.66. The first kappa shape index (κ1) is 12.0. The summed E-state index contributed by atoms with van der Waals surface area (Å²) in [6.07, 6.45) is 3.59. The van der Waals surface area contributed by atoms with Gasteiger partial charge in [-0.05, 0) is 19.4 Å². The van der Waals surface area contributed by atoms with Crippen molar-refractivity contribution < 1.29 is 0 Å². The van der Waals surface area contributed by atoms with E-state index in [0.29, 0.717) is 6.42 Å². The van der Waals surface area contributed by atoms with Crippen LogP contribution in [0.4, 0.5) is 5.82 Å². The fourth-order valence-corrected chi connectivity index (χ4v) is 2.22. The largest absolute Gasteiger partial charge is 0.370 e. The Bertz CT molecular complexity index is 481. The number of aryl methyl sites for hydroxylation is 1. The number of nitrogens with one attached hydrogen (secondary N) is 1. The van der Waals surface area contributed by atoms with Crippen molar-refractivity contribution in [2.75, 3.05) is 11.9 Å². The van der Waals surface area contributed by atoms with Crippen LogP contribution in [0.1, 0.15) is 29.9 Å². The van der Waals surface area contributed by atoms with Gasteiger partial charge in [0.05, 0.1) is 6.42 Å². The Morgan fingerprint density at radius 3 is 2.94 bits per heavy atom. The van der Waals surface area contributed by atoms with Crippen molar-refractivity contribution in [1.82, 2.24) is 15.0 Å². The van der Waals surface area contributed by atoms with Crippen molar-refractivity contribution in [3.05, 3.63) is 34.2 Å². The number of aromatic nitrogens is 3. The molecule has 1 N–H and O–H groups in total. The molecule has 0 bridgehead atoms. The molecule has 17 heavy (non-hydrogen) atoms. The minimum atomic E-state index is 0.708. The van der Waals surface area contributed by atoms with Gasteiger partial charge in [0.15, 0.2) is 0 Å². The molecule has 2 heterocycles. The fourth-order valence-electron chi connectivity index (χ4n) is 1.45.